The van der Waals surface area contributed by atoms with Crippen molar-refractivity contribution in [2.75, 3.05) is 0 Å². The number of aromatic nitrogens is 2. The van der Waals surface area contributed by atoms with E-state index in [0.29, 0.717) is 0 Å². The molecule has 0 amide bonds. The second-order valence-electron chi connectivity index (χ2n) is 15.0. The highest BCUT2D eigenvalue weighted by Crippen LogP contribution is 2.60. The first-order valence-electron chi connectivity index (χ1n) is 19.7. The number of unbranched alkanes of at least 4 members (excludes halogenated alkanes) is 6. The van der Waals surface area contributed by atoms with Crippen LogP contribution in [-0.2, 0) is 18.5 Å². The Morgan fingerprint density at radius 2 is 0.868 bits per heavy atom. The number of hydrogen-bond acceptors (Lipinski definition) is 0. The maximum absolute atomic E-state index is 3.98. The molecule has 8 aromatic rings. The Bertz CT molecular complexity index is 2460. The molecule has 1 aliphatic carbocycles. The summed E-state index contributed by atoms with van der Waals surface area (Å²) in [5.41, 5.74) is 12.8. The van der Waals surface area contributed by atoms with E-state index in [1.54, 1.807) is 0 Å². The normalized spacial score (nSPS) is 13.4. The Labute approximate surface area is 330 Å². The van der Waals surface area contributed by atoms with Gasteiger partial charge in [0.1, 0.15) is 0 Å². The number of para-hydroxylation sites is 4. The van der Waals surface area contributed by atoms with Crippen molar-refractivity contribution in [1.29, 1.82) is 0 Å². The Kier molecular flexibility index (Phi) is 9.32. The minimum absolute atomic E-state index is 0.595. The lowest BCUT2D eigenvalue weighted by atomic mass is 9.66. The first-order chi connectivity index (χ1) is 26.1. The summed E-state index contributed by atoms with van der Waals surface area (Å²) in [6.45, 7) is 6.60. The van der Waals surface area contributed by atoms with Crippen LogP contribution in [0.3, 0.4) is 0 Å². The molecule has 0 saturated heterocycles. The molecule has 53 heavy (non-hydrogen) atoms. The standard InChI is InChI=1S/C49H46Br2N2/c1-3-5-7-13-29-52-45-23-11-9-17-37(45)39-19-15-21-41(47(39)52)49(43-31-33(50)25-27-35(43)36-28-26-34(51)32-44(36)49)42-22-16-20-40-38-18-10-12-24-46(38)53(48(40)42)30-14-8-6-4-2/h9-12,15-28,31-32H,3-8,13-14,29-30H2,1-2H3. The zero-order chi connectivity index (χ0) is 36.1. The van der Waals surface area contributed by atoms with Crippen LogP contribution >= 0.6 is 31.9 Å². The van der Waals surface area contributed by atoms with Crippen molar-refractivity contribution in [1.82, 2.24) is 9.13 Å². The highest BCUT2D eigenvalue weighted by Gasteiger charge is 2.49. The maximum atomic E-state index is 3.98. The largest absolute Gasteiger partial charge is 0.340 e. The van der Waals surface area contributed by atoms with E-state index >= 15 is 0 Å². The van der Waals surface area contributed by atoms with Crippen molar-refractivity contribution in [2.45, 2.75) is 83.7 Å². The fraction of sp³-hybridized carbons (Fsp3) is 0.265. The Balaban J connectivity index is 1.47. The summed E-state index contributed by atoms with van der Waals surface area (Å²) in [4.78, 5) is 0. The SMILES string of the molecule is CCCCCCn1c2ccccc2c2cccc(C3(c4cccc5c6ccccc6n(CCCCCC)c45)c4cc(Br)ccc4-c4ccc(Br)cc43)c21. The summed E-state index contributed by atoms with van der Waals surface area (Å²) >= 11 is 7.97. The van der Waals surface area contributed by atoms with Gasteiger partial charge in [-0.3, -0.25) is 0 Å². The van der Waals surface area contributed by atoms with Crippen LogP contribution in [0.1, 0.15) is 87.5 Å². The van der Waals surface area contributed by atoms with Gasteiger partial charge < -0.3 is 9.13 Å². The molecule has 9 rings (SSSR count). The second-order valence-corrected chi connectivity index (χ2v) is 16.8. The molecule has 2 nitrogen and oxygen atoms in total. The smallest absolute Gasteiger partial charge is 0.0755 e. The first-order valence-corrected chi connectivity index (χ1v) is 21.3. The van der Waals surface area contributed by atoms with E-state index in [1.165, 1.54) is 116 Å². The third-order valence-corrected chi connectivity index (χ3v) is 12.9. The number of benzene rings is 6. The number of fused-ring (bicyclic) bond motifs is 9. The van der Waals surface area contributed by atoms with Crippen molar-refractivity contribution in [3.63, 3.8) is 0 Å². The van der Waals surface area contributed by atoms with Gasteiger partial charge in [-0.05, 0) is 82.6 Å². The number of aryl methyl sites for hydroxylation is 2. The summed E-state index contributed by atoms with van der Waals surface area (Å²) < 4.78 is 7.55. The van der Waals surface area contributed by atoms with Gasteiger partial charge in [-0.1, -0.05) is 169 Å². The Morgan fingerprint density at radius 3 is 1.32 bits per heavy atom. The van der Waals surface area contributed by atoms with Gasteiger partial charge in [0.05, 0.1) is 16.4 Å². The zero-order valence-electron chi connectivity index (χ0n) is 30.8. The third-order valence-electron chi connectivity index (χ3n) is 11.9. The Morgan fingerprint density at radius 1 is 0.434 bits per heavy atom. The summed E-state index contributed by atoms with van der Waals surface area (Å²) in [6, 6.07) is 46.4. The molecule has 0 atom stereocenters. The van der Waals surface area contributed by atoms with E-state index in [1.807, 2.05) is 0 Å². The van der Waals surface area contributed by atoms with E-state index in [-0.39, 0.29) is 0 Å². The molecular formula is C49H46Br2N2. The van der Waals surface area contributed by atoms with Crippen LogP contribution in [0, 0.1) is 0 Å². The van der Waals surface area contributed by atoms with E-state index in [0.717, 1.165) is 34.9 Å². The maximum Gasteiger partial charge on any atom is 0.0755 e. The summed E-state index contributed by atoms with van der Waals surface area (Å²) in [5, 5.41) is 5.33. The molecule has 0 N–H and O–H groups in total. The number of halogens is 2. The van der Waals surface area contributed by atoms with Gasteiger partial charge in [-0.2, -0.15) is 0 Å². The van der Waals surface area contributed by atoms with Crippen LogP contribution in [0.4, 0.5) is 0 Å². The second kappa shape index (κ2) is 14.3. The Hall–Kier alpha value is -4.12. The van der Waals surface area contributed by atoms with Crippen LogP contribution in [-0.4, -0.2) is 9.13 Å². The molecule has 0 radical (unpaired) electrons. The van der Waals surface area contributed by atoms with E-state index in [2.05, 4.69) is 176 Å². The van der Waals surface area contributed by atoms with Crippen LogP contribution in [0.2, 0.25) is 0 Å². The van der Waals surface area contributed by atoms with Gasteiger partial charge in [0.2, 0.25) is 0 Å². The van der Waals surface area contributed by atoms with E-state index in [4.69, 9.17) is 0 Å². The van der Waals surface area contributed by atoms with Crippen molar-refractivity contribution in [3.05, 3.63) is 153 Å². The molecule has 0 fully saturated rings. The quantitative estimate of drug-likeness (QED) is 0.109. The molecule has 2 aromatic heterocycles. The van der Waals surface area contributed by atoms with Crippen LogP contribution in [0.5, 0.6) is 0 Å². The van der Waals surface area contributed by atoms with Crippen LogP contribution in [0.15, 0.2) is 130 Å². The minimum Gasteiger partial charge on any atom is -0.340 e. The lowest BCUT2D eigenvalue weighted by molar-refractivity contribution is 0.598. The number of rotatable bonds is 12. The first kappa shape index (κ1) is 34.6. The van der Waals surface area contributed by atoms with Crippen molar-refractivity contribution in [2.24, 2.45) is 0 Å². The van der Waals surface area contributed by atoms with Gasteiger partial charge >= 0.3 is 0 Å². The third kappa shape index (κ3) is 5.46. The topological polar surface area (TPSA) is 9.86 Å². The lowest BCUT2D eigenvalue weighted by Crippen LogP contribution is -2.30. The van der Waals surface area contributed by atoms with Gasteiger partial charge in [0, 0.05) is 54.6 Å². The zero-order valence-corrected chi connectivity index (χ0v) is 33.9. The summed E-state index contributed by atoms with van der Waals surface area (Å²) in [7, 11) is 0. The highest BCUT2D eigenvalue weighted by atomic mass is 79.9. The van der Waals surface area contributed by atoms with Gasteiger partial charge in [0.15, 0.2) is 0 Å². The molecular weight excluding hydrogens is 776 g/mol. The lowest BCUT2D eigenvalue weighted by Gasteiger charge is -2.36. The highest BCUT2D eigenvalue weighted by molar-refractivity contribution is 9.10. The van der Waals surface area contributed by atoms with Crippen molar-refractivity contribution < 1.29 is 0 Å². The molecule has 266 valence electrons. The molecule has 2 heterocycles. The molecule has 0 bridgehead atoms. The fourth-order valence-corrected chi connectivity index (χ4v) is 10.4. The predicted octanol–water partition coefficient (Wildman–Crippen LogP) is 15.0. The number of nitrogens with zero attached hydrogens (tertiary/aromatic N) is 2. The molecule has 0 aliphatic heterocycles. The van der Waals surface area contributed by atoms with Crippen molar-refractivity contribution in [3.8, 4) is 11.1 Å². The predicted molar refractivity (Wildman–Crippen MR) is 233 cm³/mol. The van der Waals surface area contributed by atoms with Crippen LogP contribution < -0.4 is 0 Å². The van der Waals surface area contributed by atoms with Gasteiger partial charge in [-0.15, -0.1) is 0 Å². The fourth-order valence-electron chi connectivity index (χ4n) is 9.67. The van der Waals surface area contributed by atoms with Gasteiger partial charge in [-0.25, -0.2) is 0 Å². The molecule has 0 unspecified atom stereocenters. The molecule has 4 heteroatoms. The minimum atomic E-state index is -0.595. The molecule has 0 saturated carbocycles. The molecule has 6 aromatic carbocycles. The van der Waals surface area contributed by atoms with Gasteiger partial charge in [0.25, 0.3) is 0 Å². The molecule has 1 aliphatic rings. The average molecular weight is 823 g/mol. The summed E-state index contributed by atoms with van der Waals surface area (Å²) in [6.07, 6.45) is 9.79. The van der Waals surface area contributed by atoms with Crippen LogP contribution in [0.25, 0.3) is 54.7 Å². The summed E-state index contributed by atoms with van der Waals surface area (Å²) in [5.74, 6) is 0. The average Bonchev–Trinajstić information content (AvgIpc) is 3.79. The number of hydrogen-bond donors (Lipinski definition) is 0. The molecule has 0 spiro atoms. The monoisotopic (exact) mass is 820 g/mol. The van der Waals surface area contributed by atoms with Crippen molar-refractivity contribution >= 4 is 75.5 Å². The van der Waals surface area contributed by atoms with E-state index in [9.17, 15) is 0 Å². The van der Waals surface area contributed by atoms with E-state index < -0.39 is 5.41 Å².